The van der Waals surface area contributed by atoms with Gasteiger partial charge in [-0.15, -0.1) is 0 Å². The van der Waals surface area contributed by atoms with Gasteiger partial charge in [0.15, 0.2) is 0 Å². The summed E-state index contributed by atoms with van der Waals surface area (Å²) in [6, 6.07) is 1.43. The van der Waals surface area contributed by atoms with E-state index in [1.807, 2.05) is 44.2 Å². The second-order valence-corrected chi connectivity index (χ2v) is 6.56. The van der Waals surface area contributed by atoms with E-state index in [0.717, 1.165) is 6.42 Å². The second kappa shape index (κ2) is 10.6. The lowest BCUT2D eigenvalue weighted by molar-refractivity contribution is 0.104. The van der Waals surface area contributed by atoms with Crippen molar-refractivity contribution >= 4 is 0 Å². The molecule has 0 radical (unpaired) electrons. The third-order valence-electron chi connectivity index (χ3n) is 4.41. The normalized spacial score (nSPS) is 16.1. The highest BCUT2D eigenvalue weighted by molar-refractivity contribution is 5.31. The van der Waals surface area contributed by atoms with Gasteiger partial charge in [-0.2, -0.15) is 0 Å². The molecule has 4 heteroatoms. The molecule has 0 saturated carbocycles. The lowest BCUT2D eigenvalue weighted by Crippen LogP contribution is -2.24. The van der Waals surface area contributed by atoms with Gasteiger partial charge in [0.1, 0.15) is 11.5 Å². The molecule has 3 atom stereocenters. The molecule has 1 aromatic heterocycles. The third-order valence-corrected chi connectivity index (χ3v) is 4.41. The van der Waals surface area contributed by atoms with E-state index >= 15 is 0 Å². The first-order chi connectivity index (χ1) is 12.3. The Kier molecular flexibility index (Phi) is 8.86. The maximum absolute atomic E-state index is 11.9. The minimum Gasteiger partial charge on any atom is -0.507 e. The van der Waals surface area contributed by atoms with Crippen LogP contribution in [-0.4, -0.2) is 16.3 Å². The van der Waals surface area contributed by atoms with Crippen molar-refractivity contribution in [3.8, 4) is 5.75 Å². The van der Waals surface area contributed by atoms with E-state index in [-0.39, 0.29) is 17.2 Å². The number of rotatable bonds is 9. The van der Waals surface area contributed by atoms with Crippen LogP contribution >= 0.6 is 0 Å². The molecule has 0 amide bonds. The molecular formula is C22H30O4. The Morgan fingerprint density at radius 3 is 2.62 bits per heavy atom. The molecule has 0 aliphatic rings. The van der Waals surface area contributed by atoms with Gasteiger partial charge in [-0.1, -0.05) is 69.4 Å². The molecule has 0 spiro atoms. The summed E-state index contributed by atoms with van der Waals surface area (Å²) in [4.78, 5) is 11.9. The number of hydrogen-bond donors (Lipinski definition) is 2. The van der Waals surface area contributed by atoms with E-state index < -0.39 is 17.6 Å². The van der Waals surface area contributed by atoms with Crippen molar-refractivity contribution in [2.24, 2.45) is 5.92 Å². The molecule has 0 aliphatic heterocycles. The van der Waals surface area contributed by atoms with Crippen molar-refractivity contribution in [3.05, 3.63) is 76.4 Å². The maximum atomic E-state index is 11.9. The highest BCUT2D eigenvalue weighted by Crippen LogP contribution is 2.27. The zero-order valence-corrected chi connectivity index (χ0v) is 16.1. The molecule has 1 aromatic rings. The summed E-state index contributed by atoms with van der Waals surface area (Å²) in [6.07, 6.45) is 12.0. The molecule has 0 saturated heterocycles. The van der Waals surface area contributed by atoms with Gasteiger partial charge in [0, 0.05) is 17.9 Å². The Bertz CT molecular complexity index is 737. The van der Waals surface area contributed by atoms with Gasteiger partial charge in [0.25, 0.3) is 0 Å². The Morgan fingerprint density at radius 1 is 1.35 bits per heavy atom. The smallest absolute Gasteiger partial charge is 0.342 e. The number of aliphatic hydroxyl groups is 1. The second-order valence-electron chi connectivity index (χ2n) is 6.56. The summed E-state index contributed by atoms with van der Waals surface area (Å²) in [5, 5.41) is 20.5. The molecule has 0 aliphatic carbocycles. The SMILES string of the molecule is C=C/C=C/C/C(C)=C\C=C\[C@H](C)[C@@H](O)[C@H](C)c1cc(O)c(CC)c(=O)o1. The molecule has 4 nitrogen and oxygen atoms in total. The van der Waals surface area contributed by atoms with Crippen molar-refractivity contribution in [3.63, 3.8) is 0 Å². The van der Waals surface area contributed by atoms with E-state index in [9.17, 15) is 15.0 Å². The van der Waals surface area contributed by atoms with Crippen molar-refractivity contribution < 1.29 is 14.6 Å². The van der Waals surface area contributed by atoms with E-state index in [1.54, 1.807) is 19.9 Å². The van der Waals surface area contributed by atoms with Crippen molar-refractivity contribution in [1.29, 1.82) is 0 Å². The quantitative estimate of drug-likeness (QED) is 0.631. The van der Waals surface area contributed by atoms with Crippen LogP contribution in [0.5, 0.6) is 5.75 Å². The predicted octanol–water partition coefficient (Wildman–Crippen LogP) is 4.64. The number of allylic oxidation sites excluding steroid dienone is 6. The van der Waals surface area contributed by atoms with E-state index in [2.05, 4.69) is 6.58 Å². The lowest BCUT2D eigenvalue weighted by atomic mass is 9.90. The van der Waals surface area contributed by atoms with Crippen LogP contribution < -0.4 is 5.63 Å². The van der Waals surface area contributed by atoms with Gasteiger partial charge < -0.3 is 14.6 Å². The first kappa shape index (κ1) is 21.7. The van der Waals surface area contributed by atoms with E-state index in [0.29, 0.717) is 12.2 Å². The van der Waals surface area contributed by atoms with Crippen LogP contribution in [0.1, 0.15) is 51.4 Å². The summed E-state index contributed by atoms with van der Waals surface area (Å²) >= 11 is 0. The number of aromatic hydroxyl groups is 1. The monoisotopic (exact) mass is 358 g/mol. The topological polar surface area (TPSA) is 70.7 Å². The third kappa shape index (κ3) is 6.19. The average molecular weight is 358 g/mol. The van der Waals surface area contributed by atoms with Gasteiger partial charge in [-0.3, -0.25) is 0 Å². The fourth-order valence-corrected chi connectivity index (χ4v) is 2.63. The van der Waals surface area contributed by atoms with Crippen LogP contribution in [0.4, 0.5) is 0 Å². The fraction of sp³-hybridized carbons (Fsp3) is 0.409. The maximum Gasteiger partial charge on any atom is 0.342 e. The van der Waals surface area contributed by atoms with Crippen LogP contribution in [0.25, 0.3) is 0 Å². The molecular weight excluding hydrogens is 328 g/mol. The largest absolute Gasteiger partial charge is 0.507 e. The van der Waals surface area contributed by atoms with Crippen LogP contribution in [0, 0.1) is 5.92 Å². The number of hydrogen-bond acceptors (Lipinski definition) is 4. The zero-order chi connectivity index (χ0) is 19.7. The fourth-order valence-electron chi connectivity index (χ4n) is 2.63. The van der Waals surface area contributed by atoms with Gasteiger partial charge >= 0.3 is 5.63 Å². The summed E-state index contributed by atoms with van der Waals surface area (Å²) in [5.41, 5.74) is 0.908. The summed E-state index contributed by atoms with van der Waals surface area (Å²) in [7, 11) is 0. The molecule has 0 unspecified atom stereocenters. The van der Waals surface area contributed by atoms with Gasteiger partial charge in [-0.05, 0) is 19.8 Å². The summed E-state index contributed by atoms with van der Waals surface area (Å²) in [5.74, 6) is -0.346. The van der Waals surface area contributed by atoms with E-state index in [1.165, 1.54) is 11.6 Å². The minimum atomic E-state index is -0.740. The lowest BCUT2D eigenvalue weighted by Gasteiger charge is -2.22. The molecule has 0 fully saturated rings. The first-order valence-electron chi connectivity index (χ1n) is 8.97. The zero-order valence-electron chi connectivity index (χ0n) is 16.1. The van der Waals surface area contributed by atoms with Crippen LogP contribution in [0.15, 0.2) is 63.9 Å². The van der Waals surface area contributed by atoms with Gasteiger partial charge in [0.2, 0.25) is 0 Å². The predicted molar refractivity (Wildman–Crippen MR) is 106 cm³/mol. The van der Waals surface area contributed by atoms with Crippen LogP contribution in [-0.2, 0) is 6.42 Å². The molecule has 26 heavy (non-hydrogen) atoms. The Labute approximate surface area is 155 Å². The molecule has 1 rings (SSSR count). The number of aliphatic hydroxyl groups excluding tert-OH is 1. The Morgan fingerprint density at radius 2 is 2.04 bits per heavy atom. The molecule has 142 valence electrons. The summed E-state index contributed by atoms with van der Waals surface area (Å²) < 4.78 is 5.28. The molecule has 0 aromatic carbocycles. The average Bonchev–Trinajstić information content (AvgIpc) is 2.60. The molecule has 1 heterocycles. The first-order valence-corrected chi connectivity index (χ1v) is 8.97. The van der Waals surface area contributed by atoms with Crippen molar-refractivity contribution in [1.82, 2.24) is 0 Å². The molecule has 0 bridgehead atoms. The highest BCUT2D eigenvalue weighted by atomic mass is 16.4. The van der Waals surface area contributed by atoms with Gasteiger partial charge in [0.05, 0.1) is 11.7 Å². The van der Waals surface area contributed by atoms with Crippen LogP contribution in [0.2, 0.25) is 0 Å². The summed E-state index contributed by atoms with van der Waals surface area (Å²) in [6.45, 7) is 11.1. The highest BCUT2D eigenvalue weighted by Gasteiger charge is 2.24. The standard InChI is InChI=1S/C22H30O4/c1-6-8-9-11-15(3)12-10-13-16(4)21(24)17(5)20-14-19(23)18(7-2)22(25)26-20/h6,8-10,12-14,16-17,21,23-24H,1,7,11H2,2-5H3/b9-8+,13-10+,15-12-/t16-,17+,21+/m0/s1. The Balaban J connectivity index is 2.81. The Hall–Kier alpha value is -2.33. The van der Waals surface area contributed by atoms with Gasteiger partial charge in [-0.25, -0.2) is 4.79 Å². The van der Waals surface area contributed by atoms with Crippen LogP contribution in [0.3, 0.4) is 0 Å². The van der Waals surface area contributed by atoms with Crippen molar-refractivity contribution in [2.75, 3.05) is 0 Å². The minimum absolute atomic E-state index is 0.0767. The van der Waals surface area contributed by atoms with E-state index in [4.69, 9.17) is 4.42 Å². The molecule has 2 N–H and O–H groups in total. The van der Waals surface area contributed by atoms with Crippen molar-refractivity contribution in [2.45, 2.75) is 52.6 Å².